The van der Waals surface area contributed by atoms with Gasteiger partial charge in [-0.1, -0.05) is 11.6 Å². The molecule has 0 aromatic heterocycles. The average Bonchev–Trinajstić information content (AvgIpc) is 2.52. The van der Waals surface area contributed by atoms with Gasteiger partial charge in [0.05, 0.1) is 29.1 Å². The zero-order chi connectivity index (χ0) is 17.9. The summed E-state index contributed by atoms with van der Waals surface area (Å²) in [7, 11) is 1.46. The number of hydrazone groups is 1. The number of methoxy groups -OCH3 is 1. The fourth-order valence-electron chi connectivity index (χ4n) is 1.94. The van der Waals surface area contributed by atoms with Gasteiger partial charge < -0.3 is 9.84 Å². The molecule has 8 heteroatoms. The summed E-state index contributed by atoms with van der Waals surface area (Å²) in [5, 5.41) is 14.0. The summed E-state index contributed by atoms with van der Waals surface area (Å²) in [6, 6.07) is 7.52. The van der Waals surface area contributed by atoms with E-state index in [2.05, 4.69) is 10.5 Å². The maximum Gasteiger partial charge on any atom is 0.416 e. The van der Waals surface area contributed by atoms with Crippen LogP contribution >= 0.6 is 11.6 Å². The summed E-state index contributed by atoms with van der Waals surface area (Å²) >= 11 is 5.88. The van der Waals surface area contributed by atoms with Crippen LogP contribution in [0.5, 0.6) is 11.5 Å². The van der Waals surface area contributed by atoms with Gasteiger partial charge in [0.1, 0.15) is 11.5 Å². The Bertz CT molecular complexity index is 776. The molecule has 2 aromatic carbocycles. The Kier molecular flexibility index (Phi) is 5.23. The van der Waals surface area contributed by atoms with Gasteiger partial charge in [-0.2, -0.15) is 18.3 Å². The highest BCUT2D eigenvalue weighted by molar-refractivity contribution is 6.33. The lowest BCUT2D eigenvalue weighted by Gasteiger charge is -2.11. The second-order valence-corrected chi connectivity index (χ2v) is 5.29. The first-order valence-corrected chi connectivity index (χ1v) is 7.14. The Hall–Kier alpha value is -2.41. The third kappa shape index (κ3) is 4.11. The number of anilines is 1. The minimum atomic E-state index is -4.48. The highest BCUT2D eigenvalue weighted by atomic mass is 35.5. The van der Waals surface area contributed by atoms with Crippen LogP contribution in [0.1, 0.15) is 18.1 Å². The van der Waals surface area contributed by atoms with Crippen molar-refractivity contribution < 1.29 is 23.0 Å². The molecule has 2 aromatic rings. The van der Waals surface area contributed by atoms with Crippen LogP contribution in [0.2, 0.25) is 5.02 Å². The van der Waals surface area contributed by atoms with Crippen molar-refractivity contribution >= 4 is 23.0 Å². The number of hydrogen-bond acceptors (Lipinski definition) is 4. The summed E-state index contributed by atoms with van der Waals surface area (Å²) in [5.41, 5.74) is 2.44. The maximum absolute atomic E-state index is 12.7. The molecule has 0 atom stereocenters. The average molecular weight is 359 g/mol. The number of nitrogens with one attached hydrogen (secondary N) is 1. The normalized spacial score (nSPS) is 12.2. The third-order valence-electron chi connectivity index (χ3n) is 3.23. The summed E-state index contributed by atoms with van der Waals surface area (Å²) in [6.45, 7) is 1.59. The van der Waals surface area contributed by atoms with Gasteiger partial charge in [0, 0.05) is 11.6 Å². The molecule has 2 rings (SSSR count). The summed E-state index contributed by atoms with van der Waals surface area (Å²) in [5.74, 6) is 0.408. The van der Waals surface area contributed by atoms with Crippen LogP contribution in [-0.2, 0) is 6.18 Å². The molecule has 0 saturated carbocycles. The lowest BCUT2D eigenvalue weighted by molar-refractivity contribution is -0.137. The van der Waals surface area contributed by atoms with Crippen LogP contribution in [-0.4, -0.2) is 17.9 Å². The number of hydrogen-bond donors (Lipinski definition) is 2. The van der Waals surface area contributed by atoms with Crippen molar-refractivity contribution in [1.82, 2.24) is 0 Å². The second-order valence-electron chi connectivity index (χ2n) is 4.88. The molecule has 0 radical (unpaired) electrons. The van der Waals surface area contributed by atoms with Gasteiger partial charge in [0.15, 0.2) is 0 Å². The Balaban J connectivity index is 2.27. The lowest BCUT2D eigenvalue weighted by Crippen LogP contribution is -2.06. The number of ether oxygens (including phenoxy) is 1. The lowest BCUT2D eigenvalue weighted by atomic mass is 10.1. The summed E-state index contributed by atoms with van der Waals surface area (Å²) in [4.78, 5) is 0. The van der Waals surface area contributed by atoms with Crippen molar-refractivity contribution in [2.24, 2.45) is 5.10 Å². The van der Waals surface area contributed by atoms with Crippen LogP contribution in [0.4, 0.5) is 18.9 Å². The monoisotopic (exact) mass is 358 g/mol. The molecule has 0 amide bonds. The van der Waals surface area contributed by atoms with Gasteiger partial charge in [-0.3, -0.25) is 5.43 Å². The van der Waals surface area contributed by atoms with Crippen molar-refractivity contribution in [1.29, 1.82) is 0 Å². The van der Waals surface area contributed by atoms with Gasteiger partial charge in [-0.05, 0) is 37.3 Å². The molecule has 0 aliphatic carbocycles. The van der Waals surface area contributed by atoms with Crippen LogP contribution < -0.4 is 10.2 Å². The first-order chi connectivity index (χ1) is 11.2. The van der Waals surface area contributed by atoms with Crippen LogP contribution in [0, 0.1) is 0 Å². The topological polar surface area (TPSA) is 53.8 Å². The third-order valence-corrected chi connectivity index (χ3v) is 3.56. The number of nitrogens with zero attached hydrogens (tertiary/aromatic N) is 1. The van der Waals surface area contributed by atoms with Crippen LogP contribution in [0.25, 0.3) is 0 Å². The molecule has 0 unspecified atom stereocenters. The first-order valence-electron chi connectivity index (χ1n) is 6.77. The standard InChI is InChI=1S/C16H14ClF3N2O2/c1-9(12-5-4-11(24-2)8-15(12)23)21-22-14-7-10(16(18,19)20)3-6-13(14)17/h3-8,22-23H,1-2H3. The molecule has 0 fully saturated rings. The first kappa shape index (κ1) is 17.9. The zero-order valence-corrected chi connectivity index (χ0v) is 13.5. The molecule has 0 saturated heterocycles. The van der Waals surface area contributed by atoms with E-state index in [0.717, 1.165) is 18.2 Å². The zero-order valence-electron chi connectivity index (χ0n) is 12.8. The smallest absolute Gasteiger partial charge is 0.416 e. The number of rotatable bonds is 4. The van der Waals surface area contributed by atoms with E-state index in [-0.39, 0.29) is 16.5 Å². The quantitative estimate of drug-likeness (QED) is 0.603. The van der Waals surface area contributed by atoms with Gasteiger partial charge >= 0.3 is 6.18 Å². The van der Waals surface area contributed by atoms with E-state index in [0.29, 0.717) is 17.0 Å². The molecule has 0 bridgehead atoms. The van der Waals surface area contributed by atoms with Crippen LogP contribution in [0.3, 0.4) is 0 Å². The van der Waals surface area contributed by atoms with E-state index in [9.17, 15) is 18.3 Å². The molecule has 128 valence electrons. The molecule has 4 nitrogen and oxygen atoms in total. The molecule has 24 heavy (non-hydrogen) atoms. The predicted molar refractivity (Wildman–Crippen MR) is 86.9 cm³/mol. The van der Waals surface area contributed by atoms with Crippen molar-refractivity contribution in [3.05, 3.63) is 52.5 Å². The molecule has 0 aliphatic rings. The Labute approximate surface area is 141 Å². The van der Waals surface area contributed by atoms with E-state index >= 15 is 0 Å². The molecular formula is C16H14ClF3N2O2. The number of halogens is 4. The molecule has 0 spiro atoms. The highest BCUT2D eigenvalue weighted by Crippen LogP contribution is 2.34. The second kappa shape index (κ2) is 7.00. The number of phenols is 1. The number of benzene rings is 2. The fourth-order valence-corrected chi connectivity index (χ4v) is 2.10. The van der Waals surface area contributed by atoms with E-state index in [1.165, 1.54) is 13.2 Å². The highest BCUT2D eigenvalue weighted by Gasteiger charge is 2.30. The Morgan fingerprint density at radius 1 is 1.21 bits per heavy atom. The number of alkyl halides is 3. The van der Waals surface area contributed by atoms with Gasteiger partial charge in [-0.25, -0.2) is 0 Å². The van der Waals surface area contributed by atoms with Crippen molar-refractivity contribution in [3.63, 3.8) is 0 Å². The van der Waals surface area contributed by atoms with E-state index in [1.807, 2.05) is 0 Å². The Morgan fingerprint density at radius 2 is 1.92 bits per heavy atom. The van der Waals surface area contributed by atoms with Crippen molar-refractivity contribution in [3.8, 4) is 11.5 Å². The number of phenolic OH excluding ortho intramolecular Hbond substituents is 1. The summed E-state index contributed by atoms with van der Waals surface area (Å²) in [6.07, 6.45) is -4.48. The minimum Gasteiger partial charge on any atom is -0.507 e. The minimum absolute atomic E-state index is 0.0128. The molecular weight excluding hydrogens is 345 g/mol. The van der Waals surface area contributed by atoms with Gasteiger partial charge in [-0.15, -0.1) is 0 Å². The van der Waals surface area contributed by atoms with E-state index < -0.39 is 11.7 Å². The largest absolute Gasteiger partial charge is 0.507 e. The van der Waals surface area contributed by atoms with E-state index in [1.54, 1.807) is 19.1 Å². The van der Waals surface area contributed by atoms with Gasteiger partial charge in [0.2, 0.25) is 0 Å². The van der Waals surface area contributed by atoms with Crippen molar-refractivity contribution in [2.45, 2.75) is 13.1 Å². The van der Waals surface area contributed by atoms with Gasteiger partial charge in [0.25, 0.3) is 0 Å². The Morgan fingerprint density at radius 3 is 2.50 bits per heavy atom. The molecule has 0 heterocycles. The molecule has 2 N–H and O–H groups in total. The predicted octanol–water partition coefficient (Wildman–Crippen LogP) is 4.91. The van der Waals surface area contributed by atoms with Crippen molar-refractivity contribution in [2.75, 3.05) is 12.5 Å². The van der Waals surface area contributed by atoms with Crippen LogP contribution in [0.15, 0.2) is 41.5 Å². The summed E-state index contributed by atoms with van der Waals surface area (Å²) < 4.78 is 43.2. The SMILES string of the molecule is COc1ccc(C(C)=NNc2cc(C(F)(F)F)ccc2Cl)c(O)c1. The molecule has 0 aliphatic heterocycles. The fraction of sp³-hybridized carbons (Fsp3) is 0.188. The van der Waals surface area contributed by atoms with E-state index in [4.69, 9.17) is 16.3 Å². The number of aromatic hydroxyl groups is 1. The maximum atomic E-state index is 12.7.